The topological polar surface area (TPSA) is 121 Å². The fourth-order valence-electron chi connectivity index (χ4n) is 3.74. The number of nitrogens with one attached hydrogen (secondary N) is 1. The molecule has 0 aliphatic carbocycles. The maximum atomic E-state index is 13.6. The van der Waals surface area contributed by atoms with Gasteiger partial charge in [0.05, 0.1) is 37.2 Å². The Hall–Kier alpha value is -3.96. The Morgan fingerprint density at radius 3 is 2.54 bits per heavy atom. The normalized spacial score (nSPS) is 11.7. The van der Waals surface area contributed by atoms with E-state index in [1.807, 2.05) is 26.8 Å². The number of rotatable bonds is 9. The fourth-order valence-corrected chi connectivity index (χ4v) is 4.56. The molecule has 1 N–H and O–H groups in total. The summed E-state index contributed by atoms with van der Waals surface area (Å²) < 4.78 is 13.2. The van der Waals surface area contributed by atoms with Crippen LogP contribution in [0.25, 0.3) is 0 Å². The minimum atomic E-state index is -0.659. The summed E-state index contributed by atoms with van der Waals surface area (Å²) in [6.45, 7) is 7.70. The lowest BCUT2D eigenvalue weighted by atomic mass is 10.2. The van der Waals surface area contributed by atoms with Gasteiger partial charge in [-0.2, -0.15) is 0 Å². The van der Waals surface area contributed by atoms with Crippen LogP contribution in [0.2, 0.25) is 5.02 Å². The van der Waals surface area contributed by atoms with E-state index in [0.717, 1.165) is 32.8 Å². The van der Waals surface area contributed by atoms with Gasteiger partial charge in [-0.15, -0.1) is 11.3 Å². The number of aromatic nitrogens is 4. The second-order valence-corrected chi connectivity index (χ2v) is 10.2. The number of hydrogen-bond donors (Lipinski definition) is 1. The highest BCUT2D eigenvalue weighted by Gasteiger charge is 2.16. The number of carbonyl (C=O) groups excluding carboxylic acids is 1. The molecule has 4 rings (SSSR count). The highest BCUT2D eigenvalue weighted by molar-refractivity contribution is 7.11. The summed E-state index contributed by atoms with van der Waals surface area (Å²) in [6, 6.07) is 12.4. The van der Waals surface area contributed by atoms with Crippen LogP contribution < -0.4 is 21.7 Å². The first kappa shape index (κ1) is 28.1. The van der Waals surface area contributed by atoms with Gasteiger partial charge in [0.1, 0.15) is 5.75 Å². The predicted molar refractivity (Wildman–Crippen MR) is 149 cm³/mol. The summed E-state index contributed by atoms with van der Waals surface area (Å²) in [5.41, 5.74) is 1.41. The van der Waals surface area contributed by atoms with Crippen molar-refractivity contribution in [2.24, 2.45) is 4.99 Å². The smallest absolute Gasteiger partial charge is 0.367 e. The van der Waals surface area contributed by atoms with Crippen molar-refractivity contribution in [1.29, 1.82) is 0 Å². The van der Waals surface area contributed by atoms with E-state index >= 15 is 0 Å². The molecule has 204 valence electrons. The number of aryl methyl sites for hydroxylation is 1. The van der Waals surface area contributed by atoms with E-state index in [1.165, 1.54) is 4.57 Å². The Bertz CT molecular complexity index is 1670. The van der Waals surface area contributed by atoms with Crippen molar-refractivity contribution in [2.75, 3.05) is 6.61 Å². The summed E-state index contributed by atoms with van der Waals surface area (Å²) >= 11 is 7.12. The van der Waals surface area contributed by atoms with Crippen molar-refractivity contribution in [1.82, 2.24) is 19.1 Å². The number of carbonyl (C=O) groups is 1. The first-order valence-corrected chi connectivity index (χ1v) is 13.5. The molecule has 39 heavy (non-hydrogen) atoms. The van der Waals surface area contributed by atoms with Crippen molar-refractivity contribution < 1.29 is 14.3 Å². The third-order valence-corrected chi connectivity index (χ3v) is 6.64. The van der Waals surface area contributed by atoms with E-state index in [-0.39, 0.29) is 36.4 Å². The molecule has 2 aromatic carbocycles. The number of thiazole rings is 1. The Labute approximate surface area is 233 Å². The monoisotopic (exact) mass is 569 g/mol. The predicted octanol–water partition coefficient (Wildman–Crippen LogP) is 4.05. The van der Waals surface area contributed by atoms with E-state index < -0.39 is 17.3 Å². The molecule has 0 amide bonds. The third kappa shape index (κ3) is 6.92. The van der Waals surface area contributed by atoms with E-state index in [0.29, 0.717) is 16.4 Å². The summed E-state index contributed by atoms with van der Waals surface area (Å²) in [5.74, 6) is 0.175. The number of hydrogen-bond acceptors (Lipinski definition) is 8. The molecule has 0 unspecified atom stereocenters. The number of halogens is 1. The van der Waals surface area contributed by atoms with Crippen LogP contribution in [-0.4, -0.2) is 37.8 Å². The maximum absolute atomic E-state index is 13.6. The highest BCUT2D eigenvalue weighted by Crippen LogP contribution is 2.24. The van der Waals surface area contributed by atoms with Gasteiger partial charge in [-0.05, 0) is 69.2 Å². The zero-order valence-corrected chi connectivity index (χ0v) is 23.5. The van der Waals surface area contributed by atoms with Crippen LogP contribution in [0.5, 0.6) is 5.75 Å². The average Bonchev–Trinajstić information content (AvgIpc) is 3.36. The summed E-state index contributed by atoms with van der Waals surface area (Å²) in [4.78, 5) is 50.3. The molecule has 12 heteroatoms. The average molecular weight is 570 g/mol. The van der Waals surface area contributed by atoms with Crippen molar-refractivity contribution in [3.05, 3.63) is 101 Å². The molecule has 0 saturated carbocycles. The molecular weight excluding hydrogens is 542 g/mol. The number of H-pyrrole nitrogens is 1. The van der Waals surface area contributed by atoms with Crippen molar-refractivity contribution in [3.63, 3.8) is 0 Å². The fraction of sp³-hybridized carbons (Fsp3) is 0.296. The van der Waals surface area contributed by atoms with Crippen LogP contribution in [0.1, 0.15) is 47.4 Å². The summed E-state index contributed by atoms with van der Waals surface area (Å²) in [5, 5.41) is 2.33. The molecule has 2 aromatic heterocycles. The van der Waals surface area contributed by atoms with Crippen LogP contribution in [0, 0.1) is 6.92 Å². The van der Waals surface area contributed by atoms with E-state index in [1.54, 1.807) is 48.7 Å². The molecule has 0 aliphatic rings. The number of aromatic amines is 1. The molecule has 0 atom stereocenters. The molecule has 0 bridgehead atoms. The van der Waals surface area contributed by atoms with Crippen molar-refractivity contribution in [2.45, 2.75) is 46.9 Å². The Kier molecular flexibility index (Phi) is 8.82. The van der Waals surface area contributed by atoms with Crippen LogP contribution in [0.4, 0.5) is 5.69 Å². The lowest BCUT2D eigenvalue weighted by Crippen LogP contribution is -2.50. The Morgan fingerprint density at radius 1 is 1.13 bits per heavy atom. The van der Waals surface area contributed by atoms with Gasteiger partial charge in [-0.3, -0.25) is 9.55 Å². The van der Waals surface area contributed by atoms with Crippen LogP contribution in [0.15, 0.2) is 62.4 Å². The quantitative estimate of drug-likeness (QED) is 0.304. The zero-order chi connectivity index (χ0) is 28.1. The molecule has 0 fully saturated rings. The summed E-state index contributed by atoms with van der Waals surface area (Å²) in [7, 11) is 0. The molecule has 0 aliphatic heterocycles. The third-order valence-electron chi connectivity index (χ3n) is 5.51. The van der Waals surface area contributed by atoms with E-state index in [2.05, 4.69) is 15.0 Å². The number of ether oxygens (including phenoxy) is 2. The minimum Gasteiger partial charge on any atom is -0.491 e. The number of esters is 1. The molecule has 10 nitrogen and oxygen atoms in total. The molecule has 0 radical (unpaired) electrons. The Balaban J connectivity index is 1.79. The van der Waals surface area contributed by atoms with E-state index in [9.17, 15) is 14.4 Å². The Morgan fingerprint density at radius 2 is 1.87 bits per heavy atom. The SMILES string of the molecule is CCOC(=O)c1nc(Cn2c(=O)[nH]/c(=N\c3ccc(OC(C)C)c(C)c3)n(Cc3ccc(Cl)cc3)c2=O)cs1. The highest BCUT2D eigenvalue weighted by atomic mass is 35.5. The zero-order valence-electron chi connectivity index (χ0n) is 21.9. The van der Waals surface area contributed by atoms with Gasteiger partial charge in [0.2, 0.25) is 10.6 Å². The van der Waals surface area contributed by atoms with Gasteiger partial charge in [0, 0.05) is 10.4 Å². The number of benzene rings is 2. The van der Waals surface area contributed by atoms with Crippen LogP contribution >= 0.6 is 22.9 Å². The largest absolute Gasteiger partial charge is 0.491 e. The second-order valence-electron chi connectivity index (χ2n) is 8.93. The van der Waals surface area contributed by atoms with Gasteiger partial charge < -0.3 is 9.47 Å². The maximum Gasteiger partial charge on any atom is 0.367 e. The first-order valence-electron chi connectivity index (χ1n) is 12.3. The van der Waals surface area contributed by atoms with Gasteiger partial charge in [-0.1, -0.05) is 23.7 Å². The molecular formula is C27H28ClN5O5S. The lowest BCUT2D eigenvalue weighted by Gasteiger charge is -2.13. The molecule has 0 saturated heterocycles. The van der Waals surface area contributed by atoms with Gasteiger partial charge in [-0.25, -0.2) is 28.9 Å². The van der Waals surface area contributed by atoms with Crippen LogP contribution in [0.3, 0.4) is 0 Å². The summed E-state index contributed by atoms with van der Waals surface area (Å²) in [6.07, 6.45) is 0.0167. The van der Waals surface area contributed by atoms with Gasteiger partial charge in [0.25, 0.3) is 0 Å². The van der Waals surface area contributed by atoms with Gasteiger partial charge >= 0.3 is 17.3 Å². The number of nitrogens with zero attached hydrogens (tertiary/aromatic N) is 4. The molecule has 4 aromatic rings. The van der Waals surface area contributed by atoms with Crippen molar-refractivity contribution >= 4 is 34.6 Å². The van der Waals surface area contributed by atoms with E-state index in [4.69, 9.17) is 21.1 Å². The second kappa shape index (κ2) is 12.3. The lowest BCUT2D eigenvalue weighted by molar-refractivity contribution is 0.0525. The minimum absolute atomic E-state index is 0.0167. The standard InChI is InChI=1S/C27H28ClN5O5S/c1-5-37-24(34)23-29-21(15-39-23)14-33-26(35)31-25(30-20-10-11-22(17(4)12-20)38-16(2)3)32(27(33)36)13-18-6-8-19(28)9-7-18/h6-12,15-16H,5,13-14H2,1-4H3,(H,30,31,35). The molecule has 2 heterocycles. The van der Waals surface area contributed by atoms with Gasteiger partial charge in [0.15, 0.2) is 0 Å². The molecule has 0 spiro atoms. The first-order chi connectivity index (χ1) is 18.6. The van der Waals surface area contributed by atoms with Crippen LogP contribution in [-0.2, 0) is 17.8 Å². The van der Waals surface area contributed by atoms with Crippen molar-refractivity contribution in [3.8, 4) is 5.75 Å².